The number of nitrogens with zero attached hydrogens (tertiary/aromatic N) is 1. The topological polar surface area (TPSA) is 85.3 Å². The summed E-state index contributed by atoms with van der Waals surface area (Å²) in [7, 11) is 0. The number of hydrogen-bond acceptors (Lipinski definition) is 5. The van der Waals surface area contributed by atoms with Crippen molar-refractivity contribution in [2.24, 2.45) is 5.73 Å². The smallest absolute Gasteiger partial charge is 0.338 e. The number of esters is 1. The van der Waals surface area contributed by atoms with Crippen molar-refractivity contribution in [3.63, 3.8) is 0 Å². The predicted molar refractivity (Wildman–Crippen MR) is 81.4 cm³/mol. The number of halogens is 2. The van der Waals surface area contributed by atoms with Crippen LogP contribution < -0.4 is 5.73 Å². The summed E-state index contributed by atoms with van der Waals surface area (Å²) in [5.41, 5.74) is 5.78. The molecule has 1 aromatic rings. The van der Waals surface area contributed by atoms with Gasteiger partial charge < -0.3 is 15.2 Å². The molecule has 0 bridgehead atoms. The first-order chi connectivity index (χ1) is 11.0. The van der Waals surface area contributed by atoms with Crippen LogP contribution in [0.2, 0.25) is 0 Å². The zero-order chi connectivity index (χ0) is 17.0. The molecule has 0 spiro atoms. The zero-order valence-electron chi connectivity index (χ0n) is 12.3. The van der Waals surface area contributed by atoms with Gasteiger partial charge in [-0.15, -0.1) is 11.6 Å². The molecule has 2 rings (SSSR count). The Bertz CT molecular complexity index is 737. The lowest BCUT2D eigenvalue weighted by molar-refractivity contribution is -0.139. The molecule has 0 saturated carbocycles. The Morgan fingerprint density at radius 1 is 1.52 bits per heavy atom. The number of alkyl halides is 1. The Hall–Kier alpha value is -2.52. The van der Waals surface area contributed by atoms with Crippen LogP contribution in [0.5, 0.6) is 0 Å². The second-order valence-electron chi connectivity index (χ2n) is 4.64. The Morgan fingerprint density at radius 3 is 2.78 bits per heavy atom. The Kier molecular flexibility index (Phi) is 5.24. The third-order valence-corrected chi connectivity index (χ3v) is 3.57. The van der Waals surface area contributed by atoms with Crippen LogP contribution in [0, 0.1) is 17.1 Å². The molecule has 0 fully saturated rings. The molecule has 7 heteroatoms. The number of benzene rings is 1. The summed E-state index contributed by atoms with van der Waals surface area (Å²) in [5, 5.41) is 9.37. The Labute approximate surface area is 137 Å². The number of ether oxygens (including phenoxy) is 2. The maximum Gasteiger partial charge on any atom is 0.338 e. The van der Waals surface area contributed by atoms with E-state index in [0.717, 1.165) is 0 Å². The summed E-state index contributed by atoms with van der Waals surface area (Å²) in [4.78, 5) is 12.3. The van der Waals surface area contributed by atoms with Gasteiger partial charge in [0.05, 0.1) is 24.0 Å². The van der Waals surface area contributed by atoms with Crippen LogP contribution >= 0.6 is 11.6 Å². The molecule has 23 heavy (non-hydrogen) atoms. The summed E-state index contributed by atoms with van der Waals surface area (Å²) in [6.07, 6.45) is 0. The van der Waals surface area contributed by atoms with E-state index >= 15 is 0 Å². The molecular weight excluding hydrogens is 323 g/mol. The molecule has 5 nitrogen and oxygen atoms in total. The van der Waals surface area contributed by atoms with Gasteiger partial charge in [0, 0.05) is 5.56 Å². The van der Waals surface area contributed by atoms with E-state index in [4.69, 9.17) is 26.8 Å². The van der Waals surface area contributed by atoms with Crippen LogP contribution in [-0.4, -0.2) is 18.5 Å². The van der Waals surface area contributed by atoms with Gasteiger partial charge in [-0.1, -0.05) is 18.2 Å². The minimum absolute atomic E-state index is 0.0160. The highest BCUT2D eigenvalue weighted by molar-refractivity contribution is 6.19. The Morgan fingerprint density at radius 2 is 2.22 bits per heavy atom. The minimum atomic E-state index is -1.03. The molecule has 0 saturated heterocycles. The molecule has 0 radical (unpaired) electrons. The zero-order valence-corrected chi connectivity index (χ0v) is 13.1. The van der Waals surface area contributed by atoms with Crippen molar-refractivity contribution in [1.29, 1.82) is 5.26 Å². The molecule has 0 unspecified atom stereocenters. The normalized spacial score (nSPS) is 17.6. The van der Waals surface area contributed by atoms with Crippen LogP contribution in [-0.2, 0) is 14.3 Å². The molecule has 1 aliphatic rings. The van der Waals surface area contributed by atoms with Gasteiger partial charge in [0.2, 0.25) is 5.88 Å². The molecule has 1 atom stereocenters. The molecule has 0 amide bonds. The highest BCUT2D eigenvalue weighted by atomic mass is 35.5. The van der Waals surface area contributed by atoms with Crippen molar-refractivity contribution in [1.82, 2.24) is 0 Å². The first-order valence-electron chi connectivity index (χ1n) is 6.83. The highest BCUT2D eigenvalue weighted by Gasteiger charge is 2.38. The minimum Gasteiger partial charge on any atom is -0.463 e. The largest absolute Gasteiger partial charge is 0.463 e. The summed E-state index contributed by atoms with van der Waals surface area (Å²) >= 11 is 5.82. The lowest BCUT2D eigenvalue weighted by atomic mass is 9.83. The van der Waals surface area contributed by atoms with Crippen molar-refractivity contribution >= 4 is 17.6 Å². The monoisotopic (exact) mass is 336 g/mol. The third kappa shape index (κ3) is 3.15. The molecular formula is C16H14ClFN2O3. The second kappa shape index (κ2) is 7.16. The number of carbonyl (C=O) groups is 1. The maximum absolute atomic E-state index is 14.2. The summed E-state index contributed by atoms with van der Waals surface area (Å²) in [6, 6.07) is 7.69. The van der Waals surface area contributed by atoms with Crippen LogP contribution in [0.1, 0.15) is 18.4 Å². The molecule has 2 N–H and O–H groups in total. The molecule has 0 aliphatic carbocycles. The first kappa shape index (κ1) is 16.8. The van der Waals surface area contributed by atoms with E-state index < -0.39 is 17.7 Å². The van der Waals surface area contributed by atoms with Crippen LogP contribution in [0.25, 0.3) is 0 Å². The van der Waals surface area contributed by atoms with E-state index in [1.165, 1.54) is 18.2 Å². The molecule has 1 aliphatic heterocycles. The van der Waals surface area contributed by atoms with Crippen molar-refractivity contribution in [2.45, 2.75) is 12.8 Å². The number of nitriles is 1. The molecule has 0 aromatic heterocycles. The van der Waals surface area contributed by atoms with E-state index in [1.54, 1.807) is 13.0 Å². The molecule has 1 heterocycles. The van der Waals surface area contributed by atoms with Gasteiger partial charge in [-0.05, 0) is 13.0 Å². The van der Waals surface area contributed by atoms with E-state index in [1.807, 2.05) is 6.07 Å². The first-order valence-corrected chi connectivity index (χ1v) is 7.36. The molecule has 1 aromatic carbocycles. The van der Waals surface area contributed by atoms with Crippen molar-refractivity contribution in [3.8, 4) is 6.07 Å². The van der Waals surface area contributed by atoms with Crippen LogP contribution in [0.3, 0.4) is 0 Å². The van der Waals surface area contributed by atoms with Crippen LogP contribution in [0.4, 0.5) is 4.39 Å². The lowest BCUT2D eigenvalue weighted by Crippen LogP contribution is -2.27. The SMILES string of the molecule is CCOC(=O)C1=C(CCl)OC(N)=C(C#N)[C@H]1c1ccccc1F. The fraction of sp³-hybridized carbons (Fsp3) is 0.250. The maximum atomic E-state index is 14.2. The standard InChI is InChI=1S/C16H14ClFN2O3/c1-2-22-16(21)14-12(7-17)23-15(20)10(8-19)13(14)9-5-3-4-6-11(9)18/h3-6,13H,2,7,20H2,1H3/t13-/m1/s1. The highest BCUT2D eigenvalue weighted by Crippen LogP contribution is 2.40. The second-order valence-corrected chi connectivity index (χ2v) is 4.90. The number of nitrogens with two attached hydrogens (primary N) is 1. The van der Waals surface area contributed by atoms with Crippen molar-refractivity contribution < 1.29 is 18.7 Å². The quantitative estimate of drug-likeness (QED) is 0.675. The van der Waals surface area contributed by atoms with Crippen molar-refractivity contribution in [2.75, 3.05) is 12.5 Å². The summed E-state index contributed by atoms with van der Waals surface area (Å²) in [6.45, 7) is 1.75. The molecule has 120 valence electrons. The van der Waals surface area contributed by atoms with E-state index in [2.05, 4.69) is 0 Å². The van der Waals surface area contributed by atoms with Gasteiger partial charge in [0.15, 0.2) is 0 Å². The Balaban J connectivity index is 2.69. The third-order valence-electron chi connectivity index (χ3n) is 3.33. The van der Waals surface area contributed by atoms with Gasteiger partial charge in [0.1, 0.15) is 23.2 Å². The summed E-state index contributed by atoms with van der Waals surface area (Å²) in [5.74, 6) is -2.65. The lowest BCUT2D eigenvalue weighted by Gasteiger charge is -2.27. The average Bonchev–Trinajstić information content (AvgIpc) is 2.54. The van der Waals surface area contributed by atoms with Gasteiger partial charge in [0.25, 0.3) is 0 Å². The van der Waals surface area contributed by atoms with E-state index in [0.29, 0.717) is 0 Å². The van der Waals surface area contributed by atoms with E-state index in [9.17, 15) is 14.4 Å². The number of rotatable bonds is 4. The fourth-order valence-electron chi connectivity index (χ4n) is 2.37. The van der Waals surface area contributed by atoms with Gasteiger partial charge in [-0.3, -0.25) is 0 Å². The van der Waals surface area contributed by atoms with E-state index in [-0.39, 0.29) is 40.8 Å². The number of hydrogen-bond donors (Lipinski definition) is 1. The average molecular weight is 337 g/mol. The van der Waals surface area contributed by atoms with Gasteiger partial charge in [-0.25, -0.2) is 9.18 Å². The summed E-state index contributed by atoms with van der Waals surface area (Å²) < 4.78 is 24.5. The fourth-order valence-corrected chi connectivity index (χ4v) is 2.57. The predicted octanol–water partition coefficient (Wildman–Crippen LogP) is 2.69. The van der Waals surface area contributed by atoms with Crippen LogP contribution in [0.15, 0.2) is 47.1 Å². The van der Waals surface area contributed by atoms with Gasteiger partial charge in [-0.2, -0.15) is 5.26 Å². The number of allylic oxidation sites excluding steroid dienone is 2. The number of carbonyl (C=O) groups excluding carboxylic acids is 1. The van der Waals surface area contributed by atoms with Gasteiger partial charge >= 0.3 is 5.97 Å². The van der Waals surface area contributed by atoms with Crippen molar-refractivity contribution in [3.05, 3.63) is 58.4 Å².